The van der Waals surface area contributed by atoms with Crippen molar-refractivity contribution in [1.82, 2.24) is 0 Å². The van der Waals surface area contributed by atoms with Crippen LogP contribution in [0.25, 0.3) is 0 Å². The highest BCUT2D eigenvalue weighted by Crippen LogP contribution is 2.22. The summed E-state index contributed by atoms with van der Waals surface area (Å²) in [6.45, 7) is 0.541. The van der Waals surface area contributed by atoms with Gasteiger partial charge < -0.3 is 20.3 Å². The molecule has 2 rings (SSSR count). The van der Waals surface area contributed by atoms with Gasteiger partial charge in [-0.05, 0) is 31.0 Å². The molecule has 0 aliphatic carbocycles. The van der Waals surface area contributed by atoms with Crippen molar-refractivity contribution in [3.8, 4) is 5.75 Å². The monoisotopic (exact) mass is 251 g/mol. The highest BCUT2D eigenvalue weighted by molar-refractivity contribution is 6.02. The third-order valence-corrected chi connectivity index (χ3v) is 2.71. The lowest BCUT2D eigenvalue weighted by molar-refractivity contribution is -0.124. The van der Waals surface area contributed by atoms with Crippen molar-refractivity contribution in [2.45, 2.75) is 18.9 Å². The summed E-state index contributed by atoms with van der Waals surface area (Å²) in [6.07, 6.45) is 0.923. The number of phenolic OH excluding ortho intramolecular Hbond substituents is 1. The van der Waals surface area contributed by atoms with Crippen molar-refractivity contribution in [2.24, 2.45) is 0 Å². The van der Waals surface area contributed by atoms with Crippen molar-refractivity contribution in [2.75, 3.05) is 11.9 Å². The van der Waals surface area contributed by atoms with Crippen LogP contribution in [0, 0.1) is 0 Å². The minimum atomic E-state index is -1.21. The molecule has 6 nitrogen and oxygen atoms in total. The predicted molar refractivity (Wildman–Crippen MR) is 62.7 cm³/mol. The number of aromatic hydroxyl groups is 1. The molecule has 1 saturated heterocycles. The van der Waals surface area contributed by atoms with Crippen molar-refractivity contribution < 1.29 is 24.5 Å². The predicted octanol–water partition coefficient (Wildman–Crippen LogP) is 1.21. The number of benzene rings is 1. The average Bonchev–Trinajstić information content (AvgIpc) is 2.84. The summed E-state index contributed by atoms with van der Waals surface area (Å²) in [5.41, 5.74) is 0.00199. The van der Waals surface area contributed by atoms with Crippen LogP contribution in [-0.2, 0) is 9.53 Å². The van der Waals surface area contributed by atoms with Gasteiger partial charge in [0, 0.05) is 6.61 Å². The zero-order valence-electron chi connectivity index (χ0n) is 9.55. The molecular formula is C12H13NO5. The number of rotatable bonds is 3. The number of aromatic carboxylic acids is 1. The fourth-order valence-electron chi connectivity index (χ4n) is 1.82. The zero-order chi connectivity index (χ0) is 13.1. The largest absolute Gasteiger partial charge is 0.508 e. The number of carboxylic acids is 1. The summed E-state index contributed by atoms with van der Waals surface area (Å²) in [6, 6.07) is 3.76. The second-order valence-electron chi connectivity index (χ2n) is 4.03. The van der Waals surface area contributed by atoms with Gasteiger partial charge in [0.2, 0.25) is 0 Å². The Morgan fingerprint density at radius 3 is 2.78 bits per heavy atom. The van der Waals surface area contributed by atoms with E-state index in [1.54, 1.807) is 0 Å². The molecular weight excluding hydrogens is 238 g/mol. The van der Waals surface area contributed by atoms with Gasteiger partial charge in [0.25, 0.3) is 5.91 Å². The van der Waals surface area contributed by atoms with Crippen LogP contribution in [0.2, 0.25) is 0 Å². The standard InChI is InChI=1S/C12H13NO5/c14-7-3-4-9(8(6-7)12(16)17)13-11(15)10-2-1-5-18-10/h3-4,6,10,14H,1-2,5H2,(H,13,15)(H,16,17). The minimum absolute atomic E-state index is 0.152. The quantitative estimate of drug-likeness (QED) is 0.702. The first-order chi connectivity index (χ1) is 8.58. The van der Waals surface area contributed by atoms with E-state index in [-0.39, 0.29) is 22.9 Å². The Bertz CT molecular complexity index is 479. The SMILES string of the molecule is O=C(O)c1cc(O)ccc1NC(=O)C1CCCO1. The third kappa shape index (κ3) is 2.60. The lowest BCUT2D eigenvalue weighted by atomic mass is 10.1. The van der Waals surface area contributed by atoms with Crippen molar-refractivity contribution in [3.63, 3.8) is 0 Å². The first-order valence-electron chi connectivity index (χ1n) is 5.56. The molecule has 1 aliphatic heterocycles. The number of carboxylic acid groups (broad SMARTS) is 1. The smallest absolute Gasteiger partial charge is 0.337 e. The molecule has 0 aromatic heterocycles. The van der Waals surface area contributed by atoms with Crippen LogP contribution in [0.15, 0.2) is 18.2 Å². The molecule has 1 amide bonds. The van der Waals surface area contributed by atoms with Gasteiger partial charge in [0.15, 0.2) is 0 Å². The molecule has 0 bridgehead atoms. The van der Waals surface area contributed by atoms with E-state index >= 15 is 0 Å². The number of anilines is 1. The summed E-state index contributed by atoms with van der Waals surface area (Å²) in [4.78, 5) is 22.8. The molecule has 0 radical (unpaired) electrons. The zero-order valence-corrected chi connectivity index (χ0v) is 9.55. The first kappa shape index (κ1) is 12.4. The number of ether oxygens (including phenoxy) is 1. The Morgan fingerprint density at radius 1 is 1.39 bits per heavy atom. The third-order valence-electron chi connectivity index (χ3n) is 2.71. The number of hydrogen-bond acceptors (Lipinski definition) is 4. The highest BCUT2D eigenvalue weighted by Gasteiger charge is 2.24. The van der Waals surface area contributed by atoms with Gasteiger partial charge in [0.05, 0.1) is 11.3 Å². The number of phenols is 1. The van der Waals surface area contributed by atoms with Crippen molar-refractivity contribution in [1.29, 1.82) is 0 Å². The number of hydrogen-bond donors (Lipinski definition) is 3. The van der Waals surface area contributed by atoms with E-state index in [1.165, 1.54) is 12.1 Å². The topological polar surface area (TPSA) is 95.9 Å². The molecule has 1 aliphatic rings. The molecule has 1 atom stereocenters. The number of carbonyl (C=O) groups is 2. The van der Waals surface area contributed by atoms with Gasteiger partial charge in [-0.3, -0.25) is 4.79 Å². The second-order valence-corrected chi connectivity index (χ2v) is 4.03. The molecule has 0 spiro atoms. The van der Waals surface area contributed by atoms with Crippen LogP contribution in [-0.4, -0.2) is 34.8 Å². The molecule has 96 valence electrons. The van der Waals surface area contributed by atoms with E-state index in [9.17, 15) is 14.7 Å². The van der Waals surface area contributed by atoms with E-state index < -0.39 is 12.1 Å². The summed E-state index contributed by atoms with van der Waals surface area (Å²) < 4.78 is 5.20. The molecule has 1 unspecified atom stereocenters. The number of nitrogens with one attached hydrogen (secondary N) is 1. The van der Waals surface area contributed by atoms with Crippen LogP contribution in [0.5, 0.6) is 5.75 Å². The van der Waals surface area contributed by atoms with Crippen molar-refractivity contribution >= 4 is 17.6 Å². The van der Waals surface area contributed by atoms with Gasteiger partial charge in [-0.25, -0.2) is 4.79 Å². The van der Waals surface area contributed by atoms with Crippen LogP contribution < -0.4 is 5.32 Å². The van der Waals surface area contributed by atoms with Gasteiger partial charge in [-0.15, -0.1) is 0 Å². The first-order valence-corrected chi connectivity index (χ1v) is 5.56. The van der Waals surface area contributed by atoms with E-state index in [0.29, 0.717) is 13.0 Å². The average molecular weight is 251 g/mol. The summed E-state index contributed by atoms with van der Waals surface area (Å²) in [5, 5.41) is 20.7. The lowest BCUT2D eigenvalue weighted by Gasteiger charge is -2.12. The molecule has 18 heavy (non-hydrogen) atoms. The van der Waals surface area contributed by atoms with E-state index in [4.69, 9.17) is 9.84 Å². The van der Waals surface area contributed by atoms with Gasteiger partial charge >= 0.3 is 5.97 Å². The Kier molecular flexibility index (Phi) is 3.47. The Labute approximate surface area is 103 Å². The maximum Gasteiger partial charge on any atom is 0.337 e. The summed E-state index contributed by atoms with van der Waals surface area (Å²) >= 11 is 0. The fraction of sp³-hybridized carbons (Fsp3) is 0.333. The van der Waals surface area contributed by atoms with Gasteiger partial charge in [-0.1, -0.05) is 0 Å². The fourth-order valence-corrected chi connectivity index (χ4v) is 1.82. The maximum absolute atomic E-state index is 11.8. The Balaban J connectivity index is 2.17. The normalized spacial score (nSPS) is 18.6. The highest BCUT2D eigenvalue weighted by atomic mass is 16.5. The lowest BCUT2D eigenvalue weighted by Crippen LogP contribution is -2.27. The second kappa shape index (κ2) is 5.05. The molecule has 0 saturated carbocycles. The summed E-state index contributed by atoms with van der Waals surface area (Å²) in [5.74, 6) is -1.74. The minimum Gasteiger partial charge on any atom is -0.508 e. The van der Waals surface area contributed by atoms with E-state index in [1.807, 2.05) is 0 Å². The Hall–Kier alpha value is -2.08. The molecule has 1 heterocycles. The number of carbonyl (C=O) groups excluding carboxylic acids is 1. The maximum atomic E-state index is 11.8. The van der Waals surface area contributed by atoms with Crippen LogP contribution in [0.1, 0.15) is 23.2 Å². The number of amides is 1. The Morgan fingerprint density at radius 2 is 2.17 bits per heavy atom. The van der Waals surface area contributed by atoms with Crippen LogP contribution >= 0.6 is 0 Å². The van der Waals surface area contributed by atoms with Crippen LogP contribution in [0.4, 0.5) is 5.69 Å². The molecule has 3 N–H and O–H groups in total. The van der Waals surface area contributed by atoms with Crippen molar-refractivity contribution in [3.05, 3.63) is 23.8 Å². The molecule has 6 heteroatoms. The van der Waals surface area contributed by atoms with E-state index in [2.05, 4.69) is 5.32 Å². The van der Waals surface area contributed by atoms with Gasteiger partial charge in [-0.2, -0.15) is 0 Å². The molecule has 1 aromatic carbocycles. The molecule has 1 fully saturated rings. The molecule has 1 aromatic rings. The van der Waals surface area contributed by atoms with Crippen LogP contribution in [0.3, 0.4) is 0 Å². The van der Waals surface area contributed by atoms with Gasteiger partial charge in [0.1, 0.15) is 11.9 Å². The van der Waals surface area contributed by atoms with E-state index in [0.717, 1.165) is 12.5 Å². The summed E-state index contributed by atoms with van der Waals surface area (Å²) in [7, 11) is 0.